The molecule has 2 aliphatic rings. The van der Waals surface area contributed by atoms with Crippen LogP contribution >= 0.6 is 15.9 Å². The van der Waals surface area contributed by atoms with Crippen molar-refractivity contribution in [3.05, 3.63) is 63.3 Å². The molecule has 0 fully saturated rings. The molecule has 1 aromatic carbocycles. The van der Waals surface area contributed by atoms with Crippen molar-refractivity contribution in [3.8, 4) is 0 Å². The summed E-state index contributed by atoms with van der Waals surface area (Å²) in [6, 6.07) is 8.42. The molecule has 1 aliphatic heterocycles. The molecule has 1 aliphatic carbocycles. The Morgan fingerprint density at radius 2 is 2.00 bits per heavy atom. The number of nitrogens with zero attached hydrogens (tertiary/aromatic N) is 1. The van der Waals surface area contributed by atoms with E-state index in [-0.39, 0.29) is 0 Å². The largest absolute Gasteiger partial charge is 0.256 e. The van der Waals surface area contributed by atoms with Gasteiger partial charge in [0, 0.05) is 18.2 Å². The predicted molar refractivity (Wildman–Crippen MR) is 76.3 cm³/mol. The minimum absolute atomic E-state index is 0.934. The molecule has 0 aromatic heterocycles. The Labute approximate surface area is 109 Å². The number of hydrogen-bond donors (Lipinski definition) is 0. The number of fused-ring (bicyclic) bond motifs is 2. The van der Waals surface area contributed by atoms with Crippen LogP contribution in [0.2, 0.25) is 0 Å². The quantitative estimate of drug-likeness (QED) is 0.667. The van der Waals surface area contributed by atoms with Crippen LogP contribution in [0.15, 0.2) is 57.2 Å². The van der Waals surface area contributed by atoms with Crippen LogP contribution in [0.5, 0.6) is 0 Å². The van der Waals surface area contributed by atoms with Crippen LogP contribution in [0, 0.1) is 0 Å². The van der Waals surface area contributed by atoms with E-state index in [1.165, 1.54) is 26.8 Å². The fourth-order valence-electron chi connectivity index (χ4n) is 2.29. The highest BCUT2D eigenvalue weighted by molar-refractivity contribution is 9.11. The lowest BCUT2D eigenvalue weighted by Crippen LogP contribution is -1.95. The topological polar surface area (TPSA) is 12.4 Å². The Kier molecular flexibility index (Phi) is 2.60. The number of allylic oxidation sites excluding steroid dienone is 5. The van der Waals surface area contributed by atoms with Gasteiger partial charge in [0.05, 0.1) is 5.70 Å². The van der Waals surface area contributed by atoms with Crippen molar-refractivity contribution in [2.24, 2.45) is 4.99 Å². The van der Waals surface area contributed by atoms with E-state index in [2.05, 4.69) is 64.3 Å². The molecule has 0 N–H and O–H groups in total. The van der Waals surface area contributed by atoms with Crippen LogP contribution < -0.4 is 0 Å². The summed E-state index contributed by atoms with van der Waals surface area (Å²) in [6.45, 7) is 2.18. The van der Waals surface area contributed by atoms with Crippen molar-refractivity contribution < 1.29 is 0 Å². The smallest absolute Gasteiger partial charge is 0.0668 e. The maximum absolute atomic E-state index is 4.58. The van der Waals surface area contributed by atoms with E-state index in [0.29, 0.717) is 0 Å². The number of aliphatic imine (C=N–C) groups is 1. The predicted octanol–water partition coefficient (Wildman–Crippen LogP) is 4.46. The highest BCUT2D eigenvalue weighted by Gasteiger charge is 2.17. The number of rotatable bonds is 0. The average molecular weight is 286 g/mol. The second kappa shape index (κ2) is 4.11. The van der Waals surface area contributed by atoms with Crippen LogP contribution in [0.4, 0.5) is 0 Å². The molecule has 17 heavy (non-hydrogen) atoms. The second-order valence-electron chi connectivity index (χ2n) is 4.29. The molecule has 1 nitrogen and oxygen atoms in total. The van der Waals surface area contributed by atoms with E-state index in [1.54, 1.807) is 0 Å². The van der Waals surface area contributed by atoms with Crippen LogP contribution in [0.3, 0.4) is 0 Å². The van der Waals surface area contributed by atoms with Crippen molar-refractivity contribution in [2.45, 2.75) is 13.3 Å². The molecular weight excluding hydrogens is 274 g/mol. The summed E-state index contributed by atoms with van der Waals surface area (Å²) in [5.74, 6) is 0. The highest BCUT2D eigenvalue weighted by Crippen LogP contribution is 2.36. The van der Waals surface area contributed by atoms with E-state index in [1.807, 2.05) is 6.21 Å². The summed E-state index contributed by atoms with van der Waals surface area (Å²) in [5, 5.41) is 0. The summed E-state index contributed by atoms with van der Waals surface area (Å²) in [5.41, 5.74) is 6.22. The highest BCUT2D eigenvalue weighted by atomic mass is 79.9. The molecule has 84 valence electrons. The monoisotopic (exact) mass is 285 g/mol. The molecule has 0 saturated carbocycles. The maximum Gasteiger partial charge on any atom is 0.0668 e. The first-order chi connectivity index (χ1) is 8.25. The zero-order valence-corrected chi connectivity index (χ0v) is 11.2. The normalized spacial score (nSPS) is 18.0. The summed E-state index contributed by atoms with van der Waals surface area (Å²) in [6.07, 6.45) is 7.06. The SMILES string of the molecule is CC1=C2CC(Br)=CC=C2N=Cc2ccccc21. The van der Waals surface area contributed by atoms with Gasteiger partial charge in [-0.2, -0.15) is 0 Å². The first-order valence-corrected chi connectivity index (χ1v) is 6.45. The maximum atomic E-state index is 4.58. The first-order valence-electron chi connectivity index (χ1n) is 5.65. The third-order valence-corrected chi connectivity index (χ3v) is 3.78. The van der Waals surface area contributed by atoms with Gasteiger partial charge in [-0.05, 0) is 40.3 Å². The van der Waals surface area contributed by atoms with Gasteiger partial charge in [-0.1, -0.05) is 40.2 Å². The molecule has 0 radical (unpaired) electrons. The lowest BCUT2D eigenvalue weighted by molar-refractivity contribution is 1.15. The summed E-state index contributed by atoms with van der Waals surface area (Å²) in [4.78, 5) is 4.58. The minimum Gasteiger partial charge on any atom is -0.256 e. The first kappa shape index (κ1) is 10.7. The van der Waals surface area contributed by atoms with E-state index in [4.69, 9.17) is 0 Å². The van der Waals surface area contributed by atoms with Crippen molar-refractivity contribution in [2.75, 3.05) is 0 Å². The molecule has 1 heterocycles. The molecular formula is C15H12BrN. The minimum atomic E-state index is 0.934. The third-order valence-electron chi connectivity index (χ3n) is 3.24. The van der Waals surface area contributed by atoms with Crippen molar-refractivity contribution >= 4 is 27.7 Å². The second-order valence-corrected chi connectivity index (χ2v) is 5.31. The summed E-state index contributed by atoms with van der Waals surface area (Å²) < 4.78 is 1.21. The average Bonchev–Trinajstić information content (AvgIpc) is 2.49. The fraction of sp³-hybridized carbons (Fsp3) is 0.133. The van der Waals surface area contributed by atoms with Gasteiger partial charge in [-0.3, -0.25) is 4.99 Å². The molecule has 1 aromatic rings. The molecule has 0 atom stereocenters. The number of hydrogen-bond acceptors (Lipinski definition) is 1. The molecule has 0 unspecified atom stereocenters. The van der Waals surface area contributed by atoms with Gasteiger partial charge in [-0.15, -0.1) is 0 Å². The third kappa shape index (κ3) is 1.83. The Hall–Kier alpha value is -1.41. The molecule has 0 bridgehead atoms. The summed E-state index contributed by atoms with van der Waals surface area (Å²) in [7, 11) is 0. The molecule has 0 spiro atoms. The van der Waals surface area contributed by atoms with Crippen LogP contribution in [-0.2, 0) is 0 Å². The van der Waals surface area contributed by atoms with E-state index in [9.17, 15) is 0 Å². The number of benzene rings is 1. The van der Waals surface area contributed by atoms with Gasteiger partial charge in [-0.25, -0.2) is 0 Å². The standard InChI is InChI=1S/C15H12BrN/c1-10-13-5-3-2-4-11(13)9-17-15-7-6-12(16)8-14(10)15/h2-7,9H,8H2,1H3. The van der Waals surface area contributed by atoms with Gasteiger partial charge in [0.1, 0.15) is 0 Å². The van der Waals surface area contributed by atoms with E-state index >= 15 is 0 Å². The zero-order chi connectivity index (χ0) is 11.8. The van der Waals surface area contributed by atoms with Crippen molar-refractivity contribution in [1.29, 1.82) is 0 Å². The van der Waals surface area contributed by atoms with Crippen molar-refractivity contribution in [3.63, 3.8) is 0 Å². The van der Waals surface area contributed by atoms with Crippen LogP contribution in [0.25, 0.3) is 5.57 Å². The molecule has 2 heteroatoms. The zero-order valence-electron chi connectivity index (χ0n) is 9.57. The van der Waals surface area contributed by atoms with Gasteiger partial charge >= 0.3 is 0 Å². The van der Waals surface area contributed by atoms with Crippen LogP contribution in [-0.4, -0.2) is 6.21 Å². The van der Waals surface area contributed by atoms with Crippen LogP contribution in [0.1, 0.15) is 24.5 Å². The lowest BCUT2D eigenvalue weighted by Gasteiger charge is -2.14. The Bertz CT molecular complexity index is 603. The Balaban J connectivity index is 2.25. The lowest BCUT2D eigenvalue weighted by atomic mass is 9.93. The molecule has 0 amide bonds. The van der Waals surface area contributed by atoms with Gasteiger partial charge in [0.2, 0.25) is 0 Å². The van der Waals surface area contributed by atoms with Crippen molar-refractivity contribution in [1.82, 2.24) is 0 Å². The Morgan fingerprint density at radius 3 is 2.88 bits per heavy atom. The fourth-order valence-corrected chi connectivity index (χ4v) is 2.70. The molecule has 3 rings (SSSR count). The Morgan fingerprint density at radius 1 is 1.18 bits per heavy atom. The van der Waals surface area contributed by atoms with E-state index in [0.717, 1.165) is 12.1 Å². The van der Waals surface area contributed by atoms with Gasteiger partial charge < -0.3 is 0 Å². The van der Waals surface area contributed by atoms with Gasteiger partial charge in [0.25, 0.3) is 0 Å². The number of halogens is 1. The molecule has 0 saturated heterocycles. The summed E-state index contributed by atoms with van der Waals surface area (Å²) >= 11 is 3.57. The van der Waals surface area contributed by atoms with E-state index < -0.39 is 0 Å². The van der Waals surface area contributed by atoms with Gasteiger partial charge in [0.15, 0.2) is 0 Å².